The molecular formula is C5H15NO2Si. The first-order valence-electron chi connectivity index (χ1n) is 3.02. The minimum Gasteiger partial charge on any atom is -0.402 e. The first-order valence-corrected chi connectivity index (χ1v) is 4.18. The van der Waals surface area contributed by atoms with E-state index >= 15 is 0 Å². The Morgan fingerprint density at radius 1 is 1.44 bits per heavy atom. The molecule has 0 saturated carbocycles. The first-order chi connectivity index (χ1) is 4.31. The van der Waals surface area contributed by atoms with Crippen LogP contribution in [0.25, 0.3) is 0 Å². The molecule has 0 spiro atoms. The molecule has 1 saturated heterocycles. The van der Waals surface area contributed by atoms with Crippen molar-refractivity contribution >= 4 is 10.0 Å². The third-order valence-electron chi connectivity index (χ3n) is 0.848. The highest BCUT2D eigenvalue weighted by Gasteiger charge is 2.10. The minimum absolute atomic E-state index is 0.568. The van der Waals surface area contributed by atoms with Crippen LogP contribution in [0, 0.1) is 0 Å². The van der Waals surface area contributed by atoms with Crippen molar-refractivity contribution in [1.29, 1.82) is 0 Å². The van der Waals surface area contributed by atoms with Crippen molar-refractivity contribution in [2.45, 2.75) is 13.0 Å². The summed E-state index contributed by atoms with van der Waals surface area (Å²) >= 11 is 0. The zero-order valence-electron chi connectivity index (χ0n) is 6.31. The van der Waals surface area contributed by atoms with E-state index in [-0.39, 0.29) is 0 Å². The van der Waals surface area contributed by atoms with Gasteiger partial charge in [0.05, 0.1) is 0 Å². The Morgan fingerprint density at radius 2 is 1.78 bits per heavy atom. The monoisotopic (exact) mass is 149 g/mol. The maximum Gasteiger partial charge on any atom is 0.303 e. The van der Waals surface area contributed by atoms with Gasteiger partial charge in [0.25, 0.3) is 0 Å². The molecule has 4 heteroatoms. The Kier molecular flexibility index (Phi) is 6.29. The van der Waals surface area contributed by atoms with Crippen LogP contribution in [0.4, 0.5) is 0 Å². The van der Waals surface area contributed by atoms with Gasteiger partial charge in [0.2, 0.25) is 0 Å². The summed E-state index contributed by atoms with van der Waals surface area (Å²) in [6.45, 7) is 3.40. The lowest BCUT2D eigenvalue weighted by Crippen LogP contribution is -1.93. The molecule has 0 radical (unpaired) electrons. The predicted molar refractivity (Wildman–Crippen MR) is 40.0 cm³/mol. The fourth-order valence-corrected chi connectivity index (χ4v) is 0.471. The van der Waals surface area contributed by atoms with Crippen LogP contribution in [0.15, 0.2) is 0 Å². The van der Waals surface area contributed by atoms with Gasteiger partial charge in [0, 0.05) is 26.8 Å². The number of nitrogens with one attached hydrogen (secondary N) is 1. The summed E-state index contributed by atoms with van der Waals surface area (Å²) in [5.74, 6) is 0. The number of rotatable bonds is 2. The van der Waals surface area contributed by atoms with E-state index in [9.17, 15) is 0 Å². The van der Waals surface area contributed by atoms with Crippen LogP contribution in [-0.4, -0.2) is 36.8 Å². The van der Waals surface area contributed by atoms with E-state index in [4.69, 9.17) is 0 Å². The van der Waals surface area contributed by atoms with Crippen molar-refractivity contribution < 1.29 is 8.85 Å². The second-order valence-corrected chi connectivity index (χ2v) is 3.39. The zero-order chi connectivity index (χ0) is 7.11. The quantitative estimate of drug-likeness (QED) is 0.415. The van der Waals surface area contributed by atoms with Crippen LogP contribution in [0.5, 0.6) is 0 Å². The summed E-state index contributed by atoms with van der Waals surface area (Å²) in [6.07, 6.45) is 0. The molecule has 0 bridgehead atoms. The van der Waals surface area contributed by atoms with Gasteiger partial charge in [-0.05, 0) is 6.92 Å². The van der Waals surface area contributed by atoms with E-state index < -0.39 is 10.0 Å². The molecule has 1 aliphatic rings. The molecule has 1 atom stereocenters. The van der Waals surface area contributed by atoms with Gasteiger partial charge in [-0.1, -0.05) is 0 Å². The number of hydrogen-bond donors (Lipinski definition) is 1. The molecule has 0 aromatic heterocycles. The van der Waals surface area contributed by atoms with E-state index in [1.54, 1.807) is 14.2 Å². The van der Waals surface area contributed by atoms with E-state index in [2.05, 4.69) is 21.1 Å². The Morgan fingerprint density at radius 3 is 1.78 bits per heavy atom. The van der Waals surface area contributed by atoms with Crippen LogP contribution in [-0.2, 0) is 8.85 Å². The molecule has 0 amide bonds. The molecule has 3 nitrogen and oxygen atoms in total. The Bertz CT molecular complexity index is 56.9. The zero-order valence-corrected chi connectivity index (χ0v) is 7.72. The summed E-state index contributed by atoms with van der Waals surface area (Å²) in [4.78, 5) is 0. The molecule has 1 unspecified atom stereocenters. The third-order valence-corrected chi connectivity index (χ3v) is 1.32. The SMILES string of the molecule is CC1CN1.CO[SiH2]OC. The lowest BCUT2D eigenvalue weighted by molar-refractivity contribution is 0.309. The predicted octanol–water partition coefficient (Wildman–Crippen LogP) is -0.744. The van der Waals surface area contributed by atoms with Crippen molar-refractivity contribution in [3.63, 3.8) is 0 Å². The molecule has 0 aliphatic carbocycles. The van der Waals surface area contributed by atoms with Gasteiger partial charge in [-0.25, -0.2) is 0 Å². The average Bonchev–Trinajstić information content (AvgIpc) is 2.55. The highest BCUT2D eigenvalue weighted by atomic mass is 28.3. The van der Waals surface area contributed by atoms with Gasteiger partial charge in [-0.3, -0.25) is 0 Å². The normalized spacial score (nSPS) is 22.3. The summed E-state index contributed by atoms with van der Waals surface area (Å²) in [5.41, 5.74) is 0. The van der Waals surface area contributed by atoms with Crippen molar-refractivity contribution in [2.24, 2.45) is 0 Å². The van der Waals surface area contributed by atoms with Gasteiger partial charge >= 0.3 is 10.0 Å². The van der Waals surface area contributed by atoms with E-state index in [1.165, 1.54) is 6.54 Å². The van der Waals surface area contributed by atoms with E-state index in [0.717, 1.165) is 6.04 Å². The van der Waals surface area contributed by atoms with Gasteiger partial charge in [-0.15, -0.1) is 0 Å². The van der Waals surface area contributed by atoms with Gasteiger partial charge in [0.15, 0.2) is 0 Å². The molecule has 0 aromatic rings. The highest BCUT2D eigenvalue weighted by molar-refractivity contribution is 6.17. The molecule has 1 N–H and O–H groups in total. The largest absolute Gasteiger partial charge is 0.402 e. The second kappa shape index (κ2) is 6.22. The standard InChI is InChI=1S/C3H7N.C2H8O2Si/c1-3-2-4-3;1-3-5-4-2/h3-4H,2H2,1H3;5H2,1-2H3. The van der Waals surface area contributed by atoms with Crippen molar-refractivity contribution in [3.8, 4) is 0 Å². The lowest BCUT2D eigenvalue weighted by Gasteiger charge is -1.86. The van der Waals surface area contributed by atoms with Crippen molar-refractivity contribution in [1.82, 2.24) is 5.32 Å². The summed E-state index contributed by atoms with van der Waals surface area (Å²) < 4.78 is 9.22. The topological polar surface area (TPSA) is 40.4 Å². The Hall–Kier alpha value is 0.0969. The van der Waals surface area contributed by atoms with Crippen LogP contribution >= 0.6 is 0 Å². The minimum atomic E-state index is -0.568. The van der Waals surface area contributed by atoms with Crippen LogP contribution < -0.4 is 5.32 Å². The van der Waals surface area contributed by atoms with Gasteiger partial charge in [0.1, 0.15) is 0 Å². The molecule has 0 aromatic carbocycles. The van der Waals surface area contributed by atoms with Gasteiger partial charge < -0.3 is 14.2 Å². The summed E-state index contributed by atoms with van der Waals surface area (Å²) in [5, 5.41) is 3.10. The van der Waals surface area contributed by atoms with Crippen molar-refractivity contribution in [2.75, 3.05) is 20.8 Å². The van der Waals surface area contributed by atoms with Gasteiger partial charge in [-0.2, -0.15) is 0 Å². The molecule has 1 heterocycles. The molecular weight excluding hydrogens is 134 g/mol. The van der Waals surface area contributed by atoms with E-state index in [0.29, 0.717) is 0 Å². The highest BCUT2D eigenvalue weighted by Crippen LogP contribution is 1.88. The van der Waals surface area contributed by atoms with Crippen molar-refractivity contribution in [3.05, 3.63) is 0 Å². The molecule has 1 aliphatic heterocycles. The van der Waals surface area contributed by atoms with Crippen LogP contribution in [0.1, 0.15) is 6.92 Å². The number of hydrogen-bond acceptors (Lipinski definition) is 3. The van der Waals surface area contributed by atoms with E-state index in [1.807, 2.05) is 0 Å². The maximum atomic E-state index is 4.61. The lowest BCUT2D eigenvalue weighted by atomic mass is 10.6. The first kappa shape index (κ1) is 9.10. The molecule has 1 rings (SSSR count). The Labute approximate surface area is 58.8 Å². The maximum absolute atomic E-state index is 4.61. The second-order valence-electron chi connectivity index (χ2n) is 2.00. The Balaban J connectivity index is 0.000000144. The smallest absolute Gasteiger partial charge is 0.303 e. The molecule has 9 heavy (non-hydrogen) atoms. The average molecular weight is 149 g/mol. The van der Waals surface area contributed by atoms with Crippen LogP contribution in [0.2, 0.25) is 0 Å². The fraction of sp³-hybridized carbons (Fsp3) is 1.00. The summed E-state index contributed by atoms with van der Waals surface area (Å²) in [6, 6.07) is 0.833. The third kappa shape index (κ3) is 11.6. The molecule has 56 valence electrons. The molecule has 1 fully saturated rings. The summed E-state index contributed by atoms with van der Waals surface area (Å²) in [7, 11) is 2.73. The van der Waals surface area contributed by atoms with Crippen LogP contribution in [0.3, 0.4) is 0 Å². The fourth-order valence-electron chi connectivity index (χ4n) is 0.236.